The third-order valence-electron chi connectivity index (χ3n) is 4.66. The van der Waals surface area contributed by atoms with Crippen molar-refractivity contribution in [1.29, 1.82) is 0 Å². The van der Waals surface area contributed by atoms with Crippen molar-refractivity contribution in [2.75, 3.05) is 32.7 Å². The van der Waals surface area contributed by atoms with Gasteiger partial charge in [0.05, 0.1) is 11.8 Å². The summed E-state index contributed by atoms with van der Waals surface area (Å²) in [5.74, 6) is 0. The fourth-order valence-electron chi connectivity index (χ4n) is 3.20. The monoisotopic (exact) mass is 329 g/mol. The van der Waals surface area contributed by atoms with Crippen LogP contribution in [0, 0.1) is 0 Å². The van der Waals surface area contributed by atoms with Gasteiger partial charge in [-0.1, -0.05) is 6.92 Å². The van der Waals surface area contributed by atoms with Crippen LogP contribution in [0.2, 0.25) is 0 Å². The molecule has 6 heteroatoms. The Bertz CT molecular complexity index is 634. The van der Waals surface area contributed by atoms with E-state index in [0.29, 0.717) is 0 Å². The van der Waals surface area contributed by atoms with E-state index in [1.807, 2.05) is 43.2 Å². The minimum Gasteiger partial charge on any atom is -0.392 e. The van der Waals surface area contributed by atoms with E-state index in [9.17, 15) is 5.11 Å². The first-order chi connectivity index (χ1) is 11.7. The third-order valence-corrected chi connectivity index (χ3v) is 4.66. The van der Waals surface area contributed by atoms with Gasteiger partial charge in [-0.2, -0.15) is 5.10 Å². The molecule has 24 heavy (non-hydrogen) atoms. The van der Waals surface area contributed by atoms with Gasteiger partial charge in [0.2, 0.25) is 0 Å². The molecule has 6 nitrogen and oxygen atoms in total. The number of aliphatic hydroxyl groups excluding tert-OH is 1. The molecule has 2 aromatic heterocycles. The second kappa shape index (κ2) is 7.88. The summed E-state index contributed by atoms with van der Waals surface area (Å²) in [5.41, 5.74) is 3.42. The lowest BCUT2D eigenvalue weighted by atomic mass is 10.1. The van der Waals surface area contributed by atoms with Crippen molar-refractivity contribution >= 4 is 0 Å². The van der Waals surface area contributed by atoms with Crippen molar-refractivity contribution in [3.63, 3.8) is 0 Å². The molecule has 1 N–H and O–H groups in total. The summed E-state index contributed by atoms with van der Waals surface area (Å²) in [4.78, 5) is 8.92. The van der Waals surface area contributed by atoms with Gasteiger partial charge in [0.25, 0.3) is 0 Å². The second-order valence-electron chi connectivity index (χ2n) is 6.55. The predicted molar refractivity (Wildman–Crippen MR) is 94.5 cm³/mol. The van der Waals surface area contributed by atoms with Gasteiger partial charge in [-0.25, -0.2) is 0 Å². The molecular weight excluding hydrogens is 302 g/mol. The highest BCUT2D eigenvalue weighted by atomic mass is 16.3. The molecule has 0 saturated carbocycles. The Hall–Kier alpha value is -1.76. The summed E-state index contributed by atoms with van der Waals surface area (Å²) in [6.45, 7) is 7.82. The number of rotatable bonds is 6. The van der Waals surface area contributed by atoms with Crippen molar-refractivity contribution in [3.05, 3.63) is 36.3 Å². The zero-order chi connectivity index (χ0) is 16.9. The minimum absolute atomic E-state index is 0.201. The Balaban J connectivity index is 1.62. The van der Waals surface area contributed by atoms with Crippen LogP contribution in [0.5, 0.6) is 0 Å². The molecule has 1 atom stereocenters. The Morgan fingerprint density at radius 3 is 2.46 bits per heavy atom. The van der Waals surface area contributed by atoms with E-state index < -0.39 is 0 Å². The molecule has 0 spiro atoms. The van der Waals surface area contributed by atoms with Gasteiger partial charge in [-0.15, -0.1) is 0 Å². The van der Waals surface area contributed by atoms with Gasteiger partial charge < -0.3 is 5.11 Å². The van der Waals surface area contributed by atoms with Crippen LogP contribution in [0.25, 0.3) is 11.3 Å². The van der Waals surface area contributed by atoms with Crippen LogP contribution in [-0.4, -0.2) is 68.5 Å². The summed E-state index contributed by atoms with van der Waals surface area (Å²) in [6, 6.07) is 4.02. The van der Waals surface area contributed by atoms with Crippen LogP contribution in [0.3, 0.4) is 0 Å². The first-order valence-corrected chi connectivity index (χ1v) is 8.71. The fraction of sp³-hybridized carbons (Fsp3) is 0.556. The first-order valence-electron chi connectivity index (χ1n) is 8.71. The van der Waals surface area contributed by atoms with Crippen LogP contribution in [0.1, 0.15) is 18.9 Å². The quantitative estimate of drug-likeness (QED) is 0.867. The Labute approximate surface area is 143 Å². The molecule has 1 fully saturated rings. The van der Waals surface area contributed by atoms with E-state index in [1.54, 1.807) is 0 Å². The predicted octanol–water partition coefficient (Wildman–Crippen LogP) is 1.37. The van der Waals surface area contributed by atoms with Gasteiger partial charge in [-0.05, 0) is 18.6 Å². The highest BCUT2D eigenvalue weighted by molar-refractivity contribution is 5.61. The van der Waals surface area contributed by atoms with Crippen molar-refractivity contribution < 1.29 is 5.11 Å². The summed E-state index contributed by atoms with van der Waals surface area (Å²) in [6.07, 6.45) is 6.36. The number of pyridine rings is 1. The summed E-state index contributed by atoms with van der Waals surface area (Å²) in [7, 11) is 1.97. The highest BCUT2D eigenvalue weighted by Gasteiger charge is 2.20. The second-order valence-corrected chi connectivity index (χ2v) is 6.55. The van der Waals surface area contributed by atoms with Crippen LogP contribution in [-0.2, 0) is 13.6 Å². The minimum atomic E-state index is -0.201. The van der Waals surface area contributed by atoms with Gasteiger partial charge in [0.15, 0.2) is 0 Å². The lowest BCUT2D eigenvalue weighted by molar-refractivity contribution is 0.0687. The summed E-state index contributed by atoms with van der Waals surface area (Å²) >= 11 is 0. The third kappa shape index (κ3) is 4.20. The van der Waals surface area contributed by atoms with Crippen molar-refractivity contribution in [2.45, 2.75) is 26.0 Å². The molecule has 0 aliphatic carbocycles. The molecular formula is C18H27N5O. The van der Waals surface area contributed by atoms with Crippen molar-refractivity contribution in [1.82, 2.24) is 24.6 Å². The van der Waals surface area contributed by atoms with Crippen LogP contribution < -0.4 is 0 Å². The van der Waals surface area contributed by atoms with Gasteiger partial charge in [0, 0.05) is 76.0 Å². The van der Waals surface area contributed by atoms with Crippen LogP contribution in [0.15, 0.2) is 30.7 Å². The van der Waals surface area contributed by atoms with Crippen LogP contribution >= 0.6 is 0 Å². The van der Waals surface area contributed by atoms with E-state index in [0.717, 1.165) is 56.9 Å². The molecule has 1 saturated heterocycles. The molecule has 0 aromatic carbocycles. The smallest absolute Gasteiger partial charge is 0.0969 e. The molecule has 3 heterocycles. The lowest BCUT2D eigenvalue weighted by Crippen LogP contribution is -2.48. The maximum atomic E-state index is 9.81. The van der Waals surface area contributed by atoms with E-state index in [4.69, 9.17) is 0 Å². The fourth-order valence-corrected chi connectivity index (χ4v) is 3.20. The largest absolute Gasteiger partial charge is 0.392 e. The van der Waals surface area contributed by atoms with E-state index in [-0.39, 0.29) is 6.10 Å². The average molecular weight is 329 g/mol. The maximum Gasteiger partial charge on any atom is 0.0969 e. The molecule has 1 aliphatic rings. The maximum absolute atomic E-state index is 9.81. The number of nitrogens with zero attached hydrogens (tertiary/aromatic N) is 5. The standard InChI is InChI=1S/C18H27N5O/c1-3-17(24)14-23-10-8-22(9-11-23)13-16-12-21(2)20-18(16)15-4-6-19-7-5-15/h4-7,12,17,24H,3,8-11,13-14H2,1-2H3. The van der Waals surface area contributed by atoms with Crippen LogP contribution in [0.4, 0.5) is 0 Å². The Morgan fingerprint density at radius 1 is 1.12 bits per heavy atom. The molecule has 0 amide bonds. The van der Waals surface area contributed by atoms with E-state index in [1.165, 1.54) is 5.56 Å². The zero-order valence-corrected chi connectivity index (χ0v) is 14.6. The summed E-state index contributed by atoms with van der Waals surface area (Å²) in [5, 5.41) is 14.4. The molecule has 0 bridgehead atoms. The normalized spacial score (nSPS) is 18.0. The first kappa shape index (κ1) is 17.1. The molecule has 130 valence electrons. The number of aromatic nitrogens is 3. The van der Waals surface area contributed by atoms with Gasteiger partial charge in [0.1, 0.15) is 0 Å². The SMILES string of the molecule is CCC(O)CN1CCN(Cc2cn(C)nc2-c2ccncc2)CC1. The molecule has 1 unspecified atom stereocenters. The molecule has 0 radical (unpaired) electrons. The molecule has 2 aromatic rings. The number of piperazine rings is 1. The molecule has 3 rings (SSSR count). The molecule has 1 aliphatic heterocycles. The summed E-state index contributed by atoms with van der Waals surface area (Å²) < 4.78 is 1.89. The number of hydrogen-bond donors (Lipinski definition) is 1. The Kier molecular flexibility index (Phi) is 5.60. The highest BCUT2D eigenvalue weighted by Crippen LogP contribution is 2.22. The topological polar surface area (TPSA) is 57.4 Å². The number of aliphatic hydroxyl groups is 1. The van der Waals surface area contributed by atoms with E-state index >= 15 is 0 Å². The van der Waals surface area contributed by atoms with Gasteiger partial charge in [-0.3, -0.25) is 19.5 Å². The van der Waals surface area contributed by atoms with Gasteiger partial charge >= 0.3 is 0 Å². The number of aryl methyl sites for hydroxylation is 1. The average Bonchev–Trinajstić information content (AvgIpc) is 2.97. The number of β-amino-alcohol motifs (C(OH)–C–C–N with tert-alkyl or cyclic N) is 1. The van der Waals surface area contributed by atoms with Crippen molar-refractivity contribution in [3.8, 4) is 11.3 Å². The van der Waals surface area contributed by atoms with Crippen molar-refractivity contribution in [2.24, 2.45) is 7.05 Å². The zero-order valence-electron chi connectivity index (χ0n) is 14.6. The Morgan fingerprint density at radius 2 is 1.79 bits per heavy atom. The van der Waals surface area contributed by atoms with E-state index in [2.05, 4.69) is 26.1 Å². The lowest BCUT2D eigenvalue weighted by Gasteiger charge is -2.35. The number of hydrogen-bond acceptors (Lipinski definition) is 5.